The molecule has 1 rings (SSSR count). The van der Waals surface area contributed by atoms with Crippen molar-refractivity contribution in [3.63, 3.8) is 0 Å². The summed E-state index contributed by atoms with van der Waals surface area (Å²) in [7, 11) is -2.15. The summed E-state index contributed by atoms with van der Waals surface area (Å²) in [5.74, 6) is 0. The molecule has 0 heterocycles. The van der Waals surface area contributed by atoms with Crippen molar-refractivity contribution < 1.29 is 13.2 Å². The first-order valence-electron chi connectivity index (χ1n) is 5.98. The van der Waals surface area contributed by atoms with Gasteiger partial charge < -0.3 is 10.5 Å². The van der Waals surface area contributed by atoms with Crippen molar-refractivity contribution in [2.24, 2.45) is 0 Å². The Labute approximate surface area is 136 Å². The SMILES string of the molecule is CC(C)OCCN(C)S(=O)(=O)c1c(N)cc(Br)cc1Br. The summed E-state index contributed by atoms with van der Waals surface area (Å²) in [6.45, 7) is 4.40. The Balaban J connectivity index is 2.99. The molecule has 0 fully saturated rings. The molecule has 1 aromatic carbocycles. The molecule has 1 aromatic rings. The topological polar surface area (TPSA) is 72.6 Å². The zero-order valence-electron chi connectivity index (χ0n) is 11.6. The maximum Gasteiger partial charge on any atom is 0.246 e. The van der Waals surface area contributed by atoms with Gasteiger partial charge in [-0.15, -0.1) is 0 Å². The van der Waals surface area contributed by atoms with E-state index in [-0.39, 0.29) is 23.2 Å². The van der Waals surface area contributed by atoms with E-state index in [0.29, 0.717) is 15.6 Å². The van der Waals surface area contributed by atoms with Gasteiger partial charge in [-0.05, 0) is 41.9 Å². The third-order valence-corrected chi connectivity index (χ3v) is 5.88. The first kappa shape index (κ1) is 17.9. The number of anilines is 1. The number of hydrogen-bond donors (Lipinski definition) is 1. The van der Waals surface area contributed by atoms with Crippen LogP contribution < -0.4 is 5.73 Å². The molecule has 0 aliphatic rings. The van der Waals surface area contributed by atoms with Crippen LogP contribution in [0.5, 0.6) is 0 Å². The quantitative estimate of drug-likeness (QED) is 0.705. The van der Waals surface area contributed by atoms with Gasteiger partial charge in [0.1, 0.15) is 4.90 Å². The van der Waals surface area contributed by atoms with Crippen molar-refractivity contribution in [2.45, 2.75) is 24.8 Å². The summed E-state index contributed by atoms with van der Waals surface area (Å²) in [5.41, 5.74) is 6.02. The minimum absolute atomic E-state index is 0.0654. The van der Waals surface area contributed by atoms with Crippen LogP contribution in [0, 0.1) is 0 Å². The molecule has 0 spiro atoms. The van der Waals surface area contributed by atoms with Crippen molar-refractivity contribution in [3.8, 4) is 0 Å². The van der Waals surface area contributed by atoms with Gasteiger partial charge in [-0.3, -0.25) is 0 Å². The Morgan fingerprint density at radius 1 is 1.35 bits per heavy atom. The number of nitrogens with zero attached hydrogens (tertiary/aromatic N) is 1. The molecule has 2 N–H and O–H groups in total. The summed E-state index contributed by atoms with van der Waals surface area (Å²) in [6.07, 6.45) is 0.0654. The van der Waals surface area contributed by atoms with Crippen LogP contribution in [0.1, 0.15) is 13.8 Å². The zero-order chi connectivity index (χ0) is 15.5. The zero-order valence-corrected chi connectivity index (χ0v) is 15.5. The summed E-state index contributed by atoms with van der Waals surface area (Å²) < 4.78 is 32.8. The maximum atomic E-state index is 12.5. The first-order valence-corrected chi connectivity index (χ1v) is 9.01. The van der Waals surface area contributed by atoms with Gasteiger partial charge in [0.05, 0.1) is 18.4 Å². The van der Waals surface area contributed by atoms with E-state index in [1.807, 2.05) is 13.8 Å². The Kier molecular flexibility index (Phi) is 6.46. The van der Waals surface area contributed by atoms with Gasteiger partial charge in [-0.1, -0.05) is 15.9 Å². The highest BCUT2D eigenvalue weighted by atomic mass is 79.9. The van der Waals surface area contributed by atoms with Crippen LogP contribution in [0.3, 0.4) is 0 Å². The van der Waals surface area contributed by atoms with Crippen molar-refractivity contribution in [1.82, 2.24) is 4.31 Å². The Bertz CT molecular complexity index is 553. The third kappa shape index (κ3) is 4.42. The summed E-state index contributed by atoms with van der Waals surface area (Å²) in [4.78, 5) is 0.0766. The summed E-state index contributed by atoms with van der Waals surface area (Å²) in [5, 5.41) is 0. The molecule has 0 amide bonds. The fourth-order valence-electron chi connectivity index (χ4n) is 1.55. The number of benzene rings is 1. The number of sulfonamides is 1. The molecule has 0 radical (unpaired) electrons. The highest BCUT2D eigenvalue weighted by Crippen LogP contribution is 2.33. The number of nitrogen functional groups attached to an aromatic ring is 1. The van der Waals surface area contributed by atoms with Crippen LogP contribution in [-0.4, -0.2) is 39.0 Å². The van der Waals surface area contributed by atoms with Gasteiger partial charge in [0, 0.05) is 22.5 Å². The number of nitrogens with two attached hydrogens (primary N) is 1. The van der Waals surface area contributed by atoms with Gasteiger partial charge in [-0.25, -0.2) is 8.42 Å². The second-order valence-electron chi connectivity index (χ2n) is 4.55. The molecule has 0 aliphatic carbocycles. The normalized spacial score (nSPS) is 12.3. The number of likely N-dealkylation sites (N-methyl/N-ethyl adjacent to an activating group) is 1. The van der Waals surface area contributed by atoms with Crippen LogP contribution in [0.25, 0.3) is 0 Å². The van der Waals surface area contributed by atoms with E-state index in [4.69, 9.17) is 10.5 Å². The van der Waals surface area contributed by atoms with Crippen molar-refractivity contribution in [1.29, 1.82) is 0 Å². The molecule has 5 nitrogen and oxygen atoms in total. The van der Waals surface area contributed by atoms with E-state index >= 15 is 0 Å². The van der Waals surface area contributed by atoms with Crippen LogP contribution in [0.4, 0.5) is 5.69 Å². The van der Waals surface area contributed by atoms with Crippen molar-refractivity contribution >= 4 is 47.6 Å². The highest BCUT2D eigenvalue weighted by molar-refractivity contribution is 9.11. The fraction of sp³-hybridized carbons (Fsp3) is 0.500. The predicted octanol–water partition coefficient (Wildman–Crippen LogP) is 2.84. The van der Waals surface area contributed by atoms with Crippen LogP contribution in [0.2, 0.25) is 0 Å². The number of halogens is 2. The van der Waals surface area contributed by atoms with Crippen LogP contribution >= 0.6 is 31.9 Å². The molecule has 0 aromatic heterocycles. The lowest BCUT2D eigenvalue weighted by Gasteiger charge is -2.20. The first-order chi connectivity index (χ1) is 9.16. The van der Waals surface area contributed by atoms with E-state index in [9.17, 15) is 8.42 Å². The second kappa shape index (κ2) is 7.22. The van der Waals surface area contributed by atoms with Crippen molar-refractivity contribution in [2.75, 3.05) is 25.9 Å². The highest BCUT2D eigenvalue weighted by Gasteiger charge is 2.26. The number of ether oxygens (including phenoxy) is 1. The number of rotatable bonds is 6. The van der Waals surface area contributed by atoms with E-state index in [1.165, 1.54) is 11.4 Å². The molecule has 0 saturated heterocycles. The van der Waals surface area contributed by atoms with Crippen LogP contribution in [0.15, 0.2) is 26.0 Å². The smallest absolute Gasteiger partial charge is 0.246 e. The lowest BCUT2D eigenvalue weighted by molar-refractivity contribution is 0.0737. The molecule has 8 heteroatoms. The second-order valence-corrected chi connectivity index (χ2v) is 8.30. The lowest BCUT2D eigenvalue weighted by atomic mass is 10.3. The molecule has 0 saturated carbocycles. The fourth-order valence-corrected chi connectivity index (χ4v) is 4.71. The average molecular weight is 430 g/mol. The van der Waals surface area contributed by atoms with Gasteiger partial charge in [0.25, 0.3) is 0 Å². The molecule has 0 bridgehead atoms. The monoisotopic (exact) mass is 428 g/mol. The predicted molar refractivity (Wildman–Crippen MR) is 87.2 cm³/mol. The Hall–Kier alpha value is -0.150. The minimum atomic E-state index is -3.65. The standard InChI is InChI=1S/C12H18Br2N2O3S/c1-8(2)19-5-4-16(3)20(17,18)12-10(14)6-9(13)7-11(12)15/h6-8H,4-5,15H2,1-3H3. The van der Waals surface area contributed by atoms with Gasteiger partial charge >= 0.3 is 0 Å². The molecule has 114 valence electrons. The molecule has 0 unspecified atom stereocenters. The molecular weight excluding hydrogens is 412 g/mol. The van der Waals surface area contributed by atoms with Gasteiger partial charge in [0.15, 0.2) is 0 Å². The van der Waals surface area contributed by atoms with E-state index in [0.717, 1.165) is 0 Å². The third-order valence-electron chi connectivity index (χ3n) is 2.56. The molecular formula is C12H18Br2N2O3S. The average Bonchev–Trinajstić information content (AvgIpc) is 2.26. The van der Waals surface area contributed by atoms with Gasteiger partial charge in [0.2, 0.25) is 10.0 Å². The summed E-state index contributed by atoms with van der Waals surface area (Å²) >= 11 is 6.52. The summed E-state index contributed by atoms with van der Waals surface area (Å²) in [6, 6.07) is 3.22. The van der Waals surface area contributed by atoms with Gasteiger partial charge in [-0.2, -0.15) is 4.31 Å². The van der Waals surface area contributed by atoms with E-state index < -0.39 is 10.0 Å². The van der Waals surface area contributed by atoms with Crippen molar-refractivity contribution in [3.05, 3.63) is 21.1 Å². The molecule has 0 aliphatic heterocycles. The molecule has 20 heavy (non-hydrogen) atoms. The lowest BCUT2D eigenvalue weighted by Crippen LogP contribution is -2.31. The number of hydrogen-bond acceptors (Lipinski definition) is 4. The van der Waals surface area contributed by atoms with Crippen LogP contribution in [-0.2, 0) is 14.8 Å². The Morgan fingerprint density at radius 3 is 2.45 bits per heavy atom. The van der Waals surface area contributed by atoms with E-state index in [2.05, 4.69) is 31.9 Å². The molecule has 0 atom stereocenters. The minimum Gasteiger partial charge on any atom is -0.398 e. The van der Waals surface area contributed by atoms with E-state index in [1.54, 1.807) is 12.1 Å². The maximum absolute atomic E-state index is 12.5. The largest absolute Gasteiger partial charge is 0.398 e. The Morgan fingerprint density at radius 2 is 1.95 bits per heavy atom.